The Hall–Kier alpha value is -1.73. The van der Waals surface area contributed by atoms with Crippen molar-refractivity contribution in [2.24, 2.45) is 11.7 Å². The number of carbonyl (C=O) groups is 1. The Bertz CT molecular complexity index is 262. The first kappa shape index (κ1) is 8.37. The summed E-state index contributed by atoms with van der Waals surface area (Å²) < 4.78 is 0. The third kappa shape index (κ3) is 1.65. The van der Waals surface area contributed by atoms with Crippen molar-refractivity contribution in [3.63, 3.8) is 0 Å². The number of nitrogens with two attached hydrogens (primary N) is 2. The van der Waals surface area contributed by atoms with E-state index >= 15 is 0 Å². The van der Waals surface area contributed by atoms with Gasteiger partial charge in [0, 0.05) is 0 Å². The van der Waals surface area contributed by atoms with Gasteiger partial charge in [-0.1, -0.05) is 0 Å². The Morgan fingerprint density at radius 1 is 1.50 bits per heavy atom. The van der Waals surface area contributed by atoms with Crippen LogP contribution in [0.15, 0.2) is 18.7 Å². The molecule has 1 rings (SSSR count). The van der Waals surface area contributed by atoms with Gasteiger partial charge < -0.3 is 0 Å². The second kappa shape index (κ2) is 3.60. The van der Waals surface area contributed by atoms with E-state index in [0.717, 1.165) is 5.01 Å². The summed E-state index contributed by atoms with van der Waals surface area (Å²) in [6, 6.07) is -0.634. The van der Waals surface area contributed by atoms with E-state index in [4.69, 9.17) is 11.7 Å². The second-order valence-electron chi connectivity index (χ2n) is 1.92. The average molecular weight is 168 g/mol. The molecule has 0 spiro atoms. The number of amides is 2. The zero-order chi connectivity index (χ0) is 8.97. The van der Waals surface area contributed by atoms with Gasteiger partial charge in [-0.3, -0.25) is 5.43 Å². The molecule has 1 aromatic heterocycles. The predicted molar refractivity (Wildman–Crippen MR) is 41.4 cm³/mol. The maximum Gasteiger partial charge on any atom is 0.350 e. The standard InChI is InChI=1S/C5H8N6O/c6-10-5(12)11(7)4-1-8-3-9-2-4/h1-3H,6-7H2,(H,10,12). The fourth-order valence-corrected chi connectivity index (χ4v) is 0.602. The number of hydrazine groups is 2. The number of hydrogen-bond donors (Lipinski definition) is 3. The molecule has 0 unspecified atom stereocenters. The first-order valence-electron chi connectivity index (χ1n) is 3.06. The number of anilines is 1. The molecule has 2 amide bonds. The minimum Gasteiger partial charge on any atom is -0.274 e. The largest absolute Gasteiger partial charge is 0.350 e. The van der Waals surface area contributed by atoms with Crippen molar-refractivity contribution >= 4 is 11.7 Å². The van der Waals surface area contributed by atoms with Gasteiger partial charge in [0.05, 0.1) is 18.1 Å². The number of hydrogen-bond acceptors (Lipinski definition) is 5. The number of nitrogens with one attached hydrogen (secondary N) is 1. The number of carbonyl (C=O) groups excluding carboxylic acids is 1. The van der Waals surface area contributed by atoms with Crippen LogP contribution in [0.25, 0.3) is 0 Å². The number of urea groups is 1. The molecule has 1 heterocycles. The minimum atomic E-state index is -0.634. The summed E-state index contributed by atoms with van der Waals surface area (Å²) in [5.41, 5.74) is 2.23. The fraction of sp³-hybridized carbons (Fsp3) is 0. The SMILES string of the molecule is NNC(=O)N(N)c1cncnc1. The Balaban J connectivity index is 2.78. The van der Waals surface area contributed by atoms with Gasteiger partial charge in [-0.25, -0.2) is 31.5 Å². The van der Waals surface area contributed by atoms with E-state index in [2.05, 4.69) is 9.97 Å². The zero-order valence-electron chi connectivity index (χ0n) is 6.14. The summed E-state index contributed by atoms with van der Waals surface area (Å²) >= 11 is 0. The van der Waals surface area contributed by atoms with Crippen LogP contribution >= 0.6 is 0 Å². The van der Waals surface area contributed by atoms with E-state index in [1.165, 1.54) is 18.7 Å². The van der Waals surface area contributed by atoms with Gasteiger partial charge in [0.2, 0.25) is 0 Å². The average Bonchev–Trinajstić information content (AvgIpc) is 2.17. The van der Waals surface area contributed by atoms with E-state index < -0.39 is 6.03 Å². The normalized spacial score (nSPS) is 9.17. The number of rotatable bonds is 1. The molecule has 7 heteroatoms. The van der Waals surface area contributed by atoms with Gasteiger partial charge >= 0.3 is 6.03 Å². The highest BCUT2D eigenvalue weighted by molar-refractivity contribution is 5.89. The zero-order valence-corrected chi connectivity index (χ0v) is 6.14. The molecule has 64 valence electrons. The lowest BCUT2D eigenvalue weighted by Crippen LogP contribution is -2.47. The second-order valence-corrected chi connectivity index (χ2v) is 1.92. The van der Waals surface area contributed by atoms with Crippen LogP contribution < -0.4 is 22.1 Å². The smallest absolute Gasteiger partial charge is 0.274 e. The first-order chi connectivity index (χ1) is 5.75. The van der Waals surface area contributed by atoms with Crippen LogP contribution in [0, 0.1) is 0 Å². The van der Waals surface area contributed by atoms with Crippen molar-refractivity contribution < 1.29 is 4.79 Å². The van der Waals surface area contributed by atoms with Crippen molar-refractivity contribution in [2.45, 2.75) is 0 Å². The molecule has 5 N–H and O–H groups in total. The molecular weight excluding hydrogens is 160 g/mol. The summed E-state index contributed by atoms with van der Waals surface area (Å²) in [6.07, 6.45) is 4.11. The van der Waals surface area contributed by atoms with Crippen molar-refractivity contribution in [1.29, 1.82) is 0 Å². The van der Waals surface area contributed by atoms with Crippen LogP contribution in [0.1, 0.15) is 0 Å². The molecule has 0 saturated carbocycles. The summed E-state index contributed by atoms with van der Waals surface area (Å²) in [5, 5.41) is 0.806. The molecule has 0 aromatic carbocycles. The number of nitrogens with zero attached hydrogens (tertiary/aromatic N) is 3. The summed E-state index contributed by atoms with van der Waals surface area (Å²) in [7, 11) is 0. The molecule has 0 bridgehead atoms. The van der Waals surface area contributed by atoms with Crippen LogP contribution in [-0.4, -0.2) is 16.0 Å². The van der Waals surface area contributed by atoms with E-state index in [1.54, 1.807) is 0 Å². The molecule has 0 fully saturated rings. The quantitative estimate of drug-likeness (QED) is 0.275. The molecule has 7 nitrogen and oxygen atoms in total. The molecule has 1 aromatic rings. The van der Waals surface area contributed by atoms with Gasteiger partial charge in [-0.05, 0) is 0 Å². The van der Waals surface area contributed by atoms with Crippen molar-refractivity contribution in [2.75, 3.05) is 5.01 Å². The van der Waals surface area contributed by atoms with Crippen LogP contribution in [0.2, 0.25) is 0 Å². The van der Waals surface area contributed by atoms with Gasteiger partial charge in [-0.15, -0.1) is 0 Å². The highest BCUT2D eigenvalue weighted by Gasteiger charge is 2.08. The Labute approximate surface area is 68.3 Å². The Morgan fingerprint density at radius 2 is 2.08 bits per heavy atom. The van der Waals surface area contributed by atoms with Crippen molar-refractivity contribution in [3.8, 4) is 0 Å². The van der Waals surface area contributed by atoms with Crippen molar-refractivity contribution in [3.05, 3.63) is 18.7 Å². The lowest BCUT2D eigenvalue weighted by atomic mass is 10.5. The molecule has 0 aliphatic rings. The number of aromatic nitrogens is 2. The molecular formula is C5H8N6O. The van der Waals surface area contributed by atoms with Crippen LogP contribution in [-0.2, 0) is 0 Å². The maximum absolute atomic E-state index is 10.8. The van der Waals surface area contributed by atoms with E-state index in [-0.39, 0.29) is 0 Å². The van der Waals surface area contributed by atoms with Crippen LogP contribution in [0.5, 0.6) is 0 Å². The van der Waals surface area contributed by atoms with Gasteiger partial charge in [0.15, 0.2) is 0 Å². The Morgan fingerprint density at radius 3 is 2.58 bits per heavy atom. The molecule has 12 heavy (non-hydrogen) atoms. The molecule has 0 atom stereocenters. The highest BCUT2D eigenvalue weighted by atomic mass is 16.2. The van der Waals surface area contributed by atoms with Crippen molar-refractivity contribution in [1.82, 2.24) is 15.4 Å². The summed E-state index contributed by atoms with van der Waals surface area (Å²) in [6.45, 7) is 0. The minimum absolute atomic E-state index is 0.362. The van der Waals surface area contributed by atoms with E-state index in [9.17, 15) is 4.79 Å². The fourth-order valence-electron chi connectivity index (χ4n) is 0.602. The van der Waals surface area contributed by atoms with Gasteiger partial charge in [0.25, 0.3) is 0 Å². The van der Waals surface area contributed by atoms with Crippen LogP contribution in [0.4, 0.5) is 10.5 Å². The third-order valence-corrected chi connectivity index (χ3v) is 1.17. The topological polar surface area (TPSA) is 110 Å². The third-order valence-electron chi connectivity index (χ3n) is 1.17. The van der Waals surface area contributed by atoms with Gasteiger partial charge in [0.1, 0.15) is 6.33 Å². The maximum atomic E-state index is 10.8. The van der Waals surface area contributed by atoms with E-state index in [0.29, 0.717) is 5.69 Å². The Kier molecular flexibility index (Phi) is 2.51. The lowest BCUT2D eigenvalue weighted by molar-refractivity contribution is 0.246. The summed E-state index contributed by atoms with van der Waals surface area (Å²) in [4.78, 5) is 18.2. The van der Waals surface area contributed by atoms with Gasteiger partial charge in [-0.2, -0.15) is 0 Å². The summed E-state index contributed by atoms with van der Waals surface area (Å²) in [5.74, 6) is 10.2. The molecule has 0 aliphatic heterocycles. The lowest BCUT2D eigenvalue weighted by Gasteiger charge is -2.13. The predicted octanol–water partition coefficient (Wildman–Crippen LogP) is -1.26. The highest BCUT2D eigenvalue weighted by Crippen LogP contribution is 2.04. The first-order valence-corrected chi connectivity index (χ1v) is 3.06. The monoisotopic (exact) mass is 168 g/mol. The van der Waals surface area contributed by atoms with Crippen LogP contribution in [0.3, 0.4) is 0 Å². The van der Waals surface area contributed by atoms with E-state index in [1.807, 2.05) is 5.43 Å². The molecule has 0 radical (unpaired) electrons. The molecule has 0 saturated heterocycles. The molecule has 0 aliphatic carbocycles.